The van der Waals surface area contributed by atoms with Crippen molar-refractivity contribution in [1.82, 2.24) is 68.0 Å². The quantitative estimate of drug-likeness (QED) is 0.0522. The van der Waals surface area contributed by atoms with Crippen LogP contribution in [-0.2, 0) is 80.1 Å². The third-order valence-corrected chi connectivity index (χ3v) is 19.1. The number of imide groups is 1. The van der Waals surface area contributed by atoms with Crippen LogP contribution in [0.25, 0.3) is 10.9 Å². The molecule has 0 spiro atoms. The van der Waals surface area contributed by atoms with Gasteiger partial charge in [0.2, 0.25) is 82.7 Å². The molecule has 33 heteroatoms. The molecule has 4 aliphatic heterocycles. The zero-order valence-electron chi connectivity index (χ0n) is 53.7. The fourth-order valence-electron chi connectivity index (χ4n) is 11.2. The smallest absolute Gasteiger partial charge is 0.246 e. The van der Waals surface area contributed by atoms with E-state index in [2.05, 4.69) is 63.5 Å². The van der Waals surface area contributed by atoms with Gasteiger partial charge in [0, 0.05) is 73.6 Å². The van der Waals surface area contributed by atoms with E-state index in [-0.39, 0.29) is 55.6 Å². The van der Waals surface area contributed by atoms with Gasteiger partial charge in [0.05, 0.1) is 48.6 Å². The SMILES string of the molecule is CC[C@H](C)[C@@H]1NC(=O)CNC(=O)C2Cc3c([nH]c4ccccc34)SC[C@H](NC(=O)CNC1=O)C(=O)N[C@@H](CC(=O)NCc1ccc(NC(=O)[C@H](C)NC(=O)C(NC(=O)CCN3C(=O)CC(SC)C3=O)C(C)C)cc1)C(=O)N1C[C@H](O)C[C@H]1C(=O)N[C@@H]([C@@H](C)[C@@H](O)CO)C(=O)N2. The van der Waals surface area contributed by atoms with Crippen molar-refractivity contribution >= 4 is 123 Å². The largest absolute Gasteiger partial charge is 0.394 e. The van der Waals surface area contributed by atoms with Crippen LogP contribution in [0.3, 0.4) is 0 Å². The first-order valence-corrected chi connectivity index (χ1v) is 33.6. The molecule has 5 heterocycles. The van der Waals surface area contributed by atoms with Gasteiger partial charge in [0.1, 0.15) is 48.3 Å². The van der Waals surface area contributed by atoms with Crippen molar-refractivity contribution in [3.8, 4) is 0 Å². The highest BCUT2D eigenvalue weighted by atomic mass is 32.2. The van der Waals surface area contributed by atoms with Crippen LogP contribution < -0.4 is 58.5 Å². The molecule has 2 fully saturated rings. The highest BCUT2D eigenvalue weighted by Gasteiger charge is 2.46. The number of aromatic amines is 1. The van der Waals surface area contributed by atoms with Crippen LogP contribution in [0.2, 0.25) is 0 Å². The van der Waals surface area contributed by atoms with Crippen molar-refractivity contribution in [2.24, 2.45) is 17.8 Å². The van der Waals surface area contributed by atoms with E-state index < -0.39 is 194 Å². The number of likely N-dealkylation sites (tertiary alicyclic amines) is 1. The molecule has 0 radical (unpaired) electrons. The van der Waals surface area contributed by atoms with Gasteiger partial charge in [-0.05, 0) is 54.3 Å². The van der Waals surface area contributed by atoms with Crippen LogP contribution in [0.15, 0.2) is 53.6 Å². The number of benzene rings is 2. The molecule has 0 saturated carbocycles. The maximum absolute atomic E-state index is 15.0. The fourth-order valence-corrected chi connectivity index (χ4v) is 12.9. The molecule has 516 valence electrons. The Kier molecular flexibility index (Phi) is 26.1. The van der Waals surface area contributed by atoms with E-state index in [0.29, 0.717) is 33.5 Å². The Morgan fingerprint density at radius 1 is 0.737 bits per heavy atom. The van der Waals surface area contributed by atoms with E-state index in [1.165, 1.54) is 37.7 Å². The molecule has 4 aliphatic rings. The van der Waals surface area contributed by atoms with E-state index in [1.54, 1.807) is 70.3 Å². The lowest BCUT2D eigenvalue weighted by molar-refractivity contribution is -0.144. The second-order valence-corrected chi connectivity index (χ2v) is 26.4. The van der Waals surface area contributed by atoms with Gasteiger partial charge in [-0.15, -0.1) is 11.8 Å². The molecule has 3 aromatic rings. The Bertz CT molecular complexity index is 3410. The van der Waals surface area contributed by atoms with Gasteiger partial charge in [-0.3, -0.25) is 72.0 Å². The third kappa shape index (κ3) is 19.3. The van der Waals surface area contributed by atoms with Crippen molar-refractivity contribution in [3.05, 3.63) is 59.7 Å². The zero-order chi connectivity index (χ0) is 69.5. The molecular weight excluding hydrogens is 1280 g/mol. The van der Waals surface area contributed by atoms with Crippen LogP contribution in [0.4, 0.5) is 5.69 Å². The average molecular weight is 1360 g/mol. The highest BCUT2D eigenvalue weighted by Crippen LogP contribution is 2.32. The van der Waals surface area contributed by atoms with Crippen molar-refractivity contribution in [1.29, 1.82) is 0 Å². The number of thioether (sulfide) groups is 2. The number of hydrogen-bond acceptors (Lipinski definition) is 19. The lowest BCUT2D eigenvalue weighted by atomic mass is 9.93. The summed E-state index contributed by atoms with van der Waals surface area (Å²) in [6.07, 6.45) is -2.70. The van der Waals surface area contributed by atoms with Crippen LogP contribution in [-0.4, -0.2) is 223 Å². The van der Waals surface area contributed by atoms with Gasteiger partial charge >= 0.3 is 0 Å². The minimum atomic E-state index is -1.84. The fraction of sp³-hybridized carbons (Fsp3) is 0.548. The number of nitrogens with zero attached hydrogens (tertiary/aromatic N) is 2. The second kappa shape index (κ2) is 33.6. The molecule has 2 bridgehead atoms. The van der Waals surface area contributed by atoms with Gasteiger partial charge in [0.25, 0.3) is 0 Å². The van der Waals surface area contributed by atoms with Crippen LogP contribution in [0, 0.1) is 17.8 Å². The minimum Gasteiger partial charge on any atom is -0.394 e. The van der Waals surface area contributed by atoms with Gasteiger partial charge in [0.15, 0.2) is 0 Å². The molecule has 15 N–H and O–H groups in total. The summed E-state index contributed by atoms with van der Waals surface area (Å²) in [5.74, 6) is -13.6. The summed E-state index contributed by atoms with van der Waals surface area (Å²) >= 11 is 2.23. The van der Waals surface area contributed by atoms with Crippen LogP contribution >= 0.6 is 23.5 Å². The third-order valence-electron chi connectivity index (χ3n) is 17.1. The zero-order valence-corrected chi connectivity index (χ0v) is 55.3. The molecule has 1 aromatic heterocycles. The molecule has 2 aromatic carbocycles. The van der Waals surface area contributed by atoms with Gasteiger partial charge in [-0.1, -0.05) is 71.4 Å². The topological polar surface area (TPSA) is 454 Å². The molecule has 0 aliphatic carbocycles. The number of anilines is 1. The summed E-state index contributed by atoms with van der Waals surface area (Å²) in [6, 6.07) is 1.22. The summed E-state index contributed by atoms with van der Waals surface area (Å²) < 4.78 is 0. The predicted molar refractivity (Wildman–Crippen MR) is 345 cm³/mol. The van der Waals surface area contributed by atoms with Crippen molar-refractivity contribution in [2.45, 2.75) is 157 Å². The number of rotatable bonds is 19. The number of amides is 14. The number of para-hydroxylation sites is 1. The summed E-state index contributed by atoms with van der Waals surface area (Å²) in [4.78, 5) is 199. The van der Waals surface area contributed by atoms with Gasteiger partial charge < -0.3 is 83.7 Å². The van der Waals surface area contributed by atoms with E-state index in [4.69, 9.17) is 0 Å². The van der Waals surface area contributed by atoms with Crippen molar-refractivity contribution in [3.63, 3.8) is 0 Å². The Hall–Kier alpha value is -8.66. The maximum atomic E-state index is 15.0. The van der Waals surface area contributed by atoms with Crippen molar-refractivity contribution in [2.75, 3.05) is 50.1 Å². The van der Waals surface area contributed by atoms with Gasteiger partial charge in [-0.25, -0.2) is 0 Å². The van der Waals surface area contributed by atoms with E-state index in [9.17, 15) is 77.6 Å². The summed E-state index contributed by atoms with van der Waals surface area (Å²) in [5.41, 5.74) is 1.69. The minimum absolute atomic E-state index is 0.0409. The lowest BCUT2D eigenvalue weighted by Crippen LogP contribution is -2.62. The monoisotopic (exact) mass is 1360 g/mol. The molecule has 13 atom stereocenters. The van der Waals surface area contributed by atoms with Crippen LogP contribution in [0.1, 0.15) is 84.8 Å². The predicted octanol–water partition coefficient (Wildman–Crippen LogP) is -3.35. The lowest BCUT2D eigenvalue weighted by Gasteiger charge is -2.33. The number of H-pyrrole nitrogens is 1. The number of aliphatic hydroxyl groups is 3. The maximum Gasteiger partial charge on any atom is 0.246 e. The first-order valence-electron chi connectivity index (χ1n) is 31.3. The average Bonchev–Trinajstić information content (AvgIpc) is 1.77. The Morgan fingerprint density at radius 2 is 1.42 bits per heavy atom. The number of nitrogens with one attached hydrogen (secondary N) is 12. The molecule has 2 saturated heterocycles. The molecular formula is C62H84N14O17S2. The summed E-state index contributed by atoms with van der Waals surface area (Å²) in [7, 11) is 0. The number of carbonyl (C=O) groups excluding carboxylic acids is 14. The van der Waals surface area contributed by atoms with Crippen LogP contribution in [0.5, 0.6) is 0 Å². The number of carbonyl (C=O) groups is 14. The number of hydrogen-bond donors (Lipinski definition) is 15. The first kappa shape index (κ1) is 73.7. The summed E-state index contributed by atoms with van der Waals surface area (Å²) in [6.45, 7) is 6.41. The Morgan fingerprint density at radius 3 is 2.08 bits per heavy atom. The standard InChI is InChI=1S/C62H84N14O17S2/c1-8-30(4)51-57(89)65-24-47(82)68-41-28-95-60-37(36-11-9-10-12-38(36)71-60)20-39(54(86)64-25-48(83)73-51)69-59(91)52(31(5)43(79)27-77)74-56(88)42-19-35(78)26-76(42)61(92)40(70-55(41)87)21-46(81)63-23-33-13-15-34(16-14-33)67-53(85)32(6)66-58(90)50(29(2)3)72-45(80)17-18-75-49(84)22-44(94-7)62(75)93/h9-16,29-32,35,39-44,50-52,71,77-79H,8,17-28H2,1-7H3,(H,63,81)(H,64,86)(H,65,89)(H,66,90)(H,67,85)(H,68,82)(H,69,91)(H,70,87)(H,72,80)(H,73,83)(H,74,88)/t30-,31-,32-,35+,39?,40-,41-,42-,43-,44?,50?,51-,52-/m0/s1. The number of aromatic nitrogens is 1. The van der Waals surface area contributed by atoms with E-state index >= 15 is 4.79 Å². The molecule has 7 rings (SSSR count). The molecule has 3 unspecified atom stereocenters. The van der Waals surface area contributed by atoms with Crippen molar-refractivity contribution < 1.29 is 82.4 Å². The first-order chi connectivity index (χ1) is 45.1. The number of fused-ring (bicyclic) bond motifs is 5. The van der Waals surface area contributed by atoms with E-state index in [0.717, 1.165) is 21.6 Å². The molecule has 31 nitrogen and oxygen atoms in total. The Labute approximate surface area is 555 Å². The molecule has 14 amide bonds. The van der Waals surface area contributed by atoms with Gasteiger partial charge in [-0.2, -0.15) is 11.8 Å². The highest BCUT2D eigenvalue weighted by molar-refractivity contribution is 8.00. The Balaban J connectivity index is 1.13. The summed E-state index contributed by atoms with van der Waals surface area (Å²) in [5, 5.41) is 61.1. The second-order valence-electron chi connectivity index (χ2n) is 24.3. The normalized spacial score (nSPS) is 24.5. The number of aliphatic hydroxyl groups excluding tert-OH is 3. The van der Waals surface area contributed by atoms with E-state index in [1.807, 2.05) is 0 Å². The molecule has 95 heavy (non-hydrogen) atoms.